The second-order valence-electron chi connectivity index (χ2n) is 5.97. The van der Waals surface area contributed by atoms with Gasteiger partial charge in [0.25, 0.3) is 0 Å². The number of amides is 2. The van der Waals surface area contributed by atoms with Gasteiger partial charge in [-0.3, -0.25) is 14.3 Å². The number of hydrogen-bond acceptors (Lipinski definition) is 4. The number of aromatic nitrogens is 2. The minimum Gasteiger partial charge on any atom is -0.370 e. The number of carbonyl (C=O) groups is 2. The van der Waals surface area contributed by atoms with E-state index in [2.05, 4.69) is 10.4 Å². The molecule has 0 radical (unpaired) electrons. The van der Waals surface area contributed by atoms with Crippen LogP contribution in [0.2, 0.25) is 0 Å². The van der Waals surface area contributed by atoms with Gasteiger partial charge in [-0.15, -0.1) is 0 Å². The smallest absolute Gasteiger partial charge is 0.230 e. The van der Waals surface area contributed by atoms with Crippen LogP contribution in [0.15, 0.2) is 12.3 Å². The topological polar surface area (TPSA) is 116 Å². The Morgan fingerprint density at radius 2 is 2.29 bits per heavy atom. The lowest BCUT2D eigenvalue weighted by Gasteiger charge is -2.37. The Kier molecular flexibility index (Phi) is 4.62. The molecule has 1 aromatic heterocycles. The van der Waals surface area contributed by atoms with Crippen molar-refractivity contribution in [1.29, 1.82) is 0 Å². The molecule has 5 N–H and O–H groups in total. The number of nitrogens with one attached hydrogen (secondary N) is 1. The van der Waals surface area contributed by atoms with Gasteiger partial charge in [-0.25, -0.2) is 0 Å². The number of nitrogens with two attached hydrogens (primary N) is 2. The van der Waals surface area contributed by atoms with Gasteiger partial charge in [-0.1, -0.05) is 12.8 Å². The maximum atomic E-state index is 12.3. The predicted octanol–water partition coefficient (Wildman–Crippen LogP) is 0.605. The summed E-state index contributed by atoms with van der Waals surface area (Å²) in [6, 6.07) is 1.70. The van der Waals surface area contributed by atoms with Gasteiger partial charge in [-0.2, -0.15) is 5.10 Å². The number of carbonyl (C=O) groups excluding carboxylic acids is 2. The zero-order valence-corrected chi connectivity index (χ0v) is 12.3. The highest BCUT2D eigenvalue weighted by Gasteiger charge is 2.37. The first-order chi connectivity index (χ1) is 9.88. The van der Waals surface area contributed by atoms with Gasteiger partial charge in [0.1, 0.15) is 0 Å². The summed E-state index contributed by atoms with van der Waals surface area (Å²) in [6.45, 7) is 2.34. The van der Waals surface area contributed by atoms with Gasteiger partial charge >= 0.3 is 0 Å². The van der Waals surface area contributed by atoms with Crippen LogP contribution in [0.5, 0.6) is 0 Å². The van der Waals surface area contributed by atoms with Crippen LogP contribution in [0.4, 0.5) is 5.82 Å². The zero-order valence-electron chi connectivity index (χ0n) is 12.3. The highest BCUT2D eigenvalue weighted by atomic mass is 16.2. The normalized spacial score (nSPS) is 25.5. The van der Waals surface area contributed by atoms with Crippen molar-refractivity contribution >= 4 is 17.6 Å². The van der Waals surface area contributed by atoms with Crippen LogP contribution in [0, 0.1) is 5.92 Å². The molecule has 0 bridgehead atoms. The first-order valence-corrected chi connectivity index (χ1v) is 7.30. The summed E-state index contributed by atoms with van der Waals surface area (Å²) in [7, 11) is 0. The molecule has 2 amide bonds. The van der Waals surface area contributed by atoms with Gasteiger partial charge in [0, 0.05) is 30.8 Å². The van der Waals surface area contributed by atoms with E-state index in [1.807, 2.05) is 6.92 Å². The van der Waals surface area contributed by atoms with Gasteiger partial charge < -0.3 is 16.8 Å². The molecule has 0 aliphatic heterocycles. The molecule has 1 aromatic rings. The van der Waals surface area contributed by atoms with Crippen molar-refractivity contribution in [2.75, 3.05) is 5.32 Å². The van der Waals surface area contributed by atoms with E-state index in [0.717, 1.165) is 25.7 Å². The molecule has 1 aliphatic carbocycles. The Balaban J connectivity index is 1.94. The minimum atomic E-state index is -0.461. The van der Waals surface area contributed by atoms with Crippen LogP contribution in [0.3, 0.4) is 0 Å². The molecule has 7 heteroatoms. The van der Waals surface area contributed by atoms with Crippen molar-refractivity contribution in [3.05, 3.63) is 12.3 Å². The van der Waals surface area contributed by atoms with Crippen LogP contribution in [0.1, 0.15) is 39.0 Å². The van der Waals surface area contributed by atoms with Crippen LogP contribution in [0.25, 0.3) is 0 Å². The van der Waals surface area contributed by atoms with E-state index in [9.17, 15) is 9.59 Å². The second-order valence-corrected chi connectivity index (χ2v) is 5.97. The molecule has 2 unspecified atom stereocenters. The Labute approximate surface area is 124 Å². The summed E-state index contributed by atoms with van der Waals surface area (Å²) in [5.41, 5.74) is 10.9. The van der Waals surface area contributed by atoms with Crippen molar-refractivity contribution in [3.63, 3.8) is 0 Å². The second kappa shape index (κ2) is 6.26. The molecule has 1 heterocycles. The van der Waals surface area contributed by atoms with Gasteiger partial charge in [0.05, 0.1) is 5.92 Å². The molecular weight excluding hydrogens is 270 g/mol. The monoisotopic (exact) mass is 293 g/mol. The van der Waals surface area contributed by atoms with Gasteiger partial charge in [0.15, 0.2) is 5.82 Å². The van der Waals surface area contributed by atoms with Crippen LogP contribution in [-0.2, 0) is 16.1 Å². The lowest BCUT2D eigenvalue weighted by Crippen LogP contribution is -2.51. The Morgan fingerprint density at radius 1 is 1.52 bits per heavy atom. The summed E-state index contributed by atoms with van der Waals surface area (Å²) in [5.74, 6) is -0.176. The minimum absolute atomic E-state index is 0.0835. The molecule has 116 valence electrons. The first kappa shape index (κ1) is 15.5. The van der Waals surface area contributed by atoms with Crippen molar-refractivity contribution in [2.45, 2.75) is 51.1 Å². The van der Waals surface area contributed by atoms with Crippen molar-refractivity contribution in [3.8, 4) is 0 Å². The summed E-state index contributed by atoms with van der Waals surface area (Å²) in [5, 5.41) is 7.01. The van der Waals surface area contributed by atoms with Crippen LogP contribution in [-0.4, -0.2) is 27.1 Å². The number of aryl methyl sites for hydroxylation is 1. The number of primary amides is 1. The number of rotatable bonds is 5. The lowest BCUT2D eigenvalue weighted by molar-refractivity contribution is -0.123. The van der Waals surface area contributed by atoms with E-state index in [0.29, 0.717) is 12.4 Å². The van der Waals surface area contributed by atoms with Crippen molar-refractivity contribution in [1.82, 2.24) is 9.78 Å². The van der Waals surface area contributed by atoms with E-state index in [4.69, 9.17) is 11.5 Å². The maximum absolute atomic E-state index is 12.3. The molecule has 0 spiro atoms. The van der Waals surface area contributed by atoms with E-state index >= 15 is 0 Å². The quantitative estimate of drug-likeness (QED) is 0.737. The SMILES string of the molecule is CC1(N)CCCCC1C(=O)Nc1ccn(CCC(N)=O)n1. The predicted molar refractivity (Wildman–Crippen MR) is 79.2 cm³/mol. The highest BCUT2D eigenvalue weighted by molar-refractivity contribution is 5.92. The lowest BCUT2D eigenvalue weighted by atomic mass is 9.74. The van der Waals surface area contributed by atoms with E-state index in [1.54, 1.807) is 16.9 Å². The number of hydrogen-bond donors (Lipinski definition) is 3. The van der Waals surface area contributed by atoms with Gasteiger partial charge in [0.2, 0.25) is 11.8 Å². The van der Waals surface area contributed by atoms with Crippen LogP contribution < -0.4 is 16.8 Å². The van der Waals surface area contributed by atoms with Crippen molar-refractivity contribution < 1.29 is 9.59 Å². The maximum Gasteiger partial charge on any atom is 0.230 e. The molecular formula is C14H23N5O2. The molecule has 21 heavy (non-hydrogen) atoms. The highest BCUT2D eigenvalue weighted by Crippen LogP contribution is 2.32. The van der Waals surface area contributed by atoms with E-state index < -0.39 is 5.54 Å². The fourth-order valence-corrected chi connectivity index (χ4v) is 2.78. The number of nitrogens with zero attached hydrogens (tertiary/aromatic N) is 2. The molecule has 1 saturated carbocycles. The largest absolute Gasteiger partial charge is 0.370 e. The Morgan fingerprint density at radius 3 is 2.95 bits per heavy atom. The van der Waals surface area contributed by atoms with Gasteiger partial charge in [-0.05, 0) is 19.8 Å². The molecule has 2 rings (SSSR count). The molecule has 2 atom stereocenters. The summed E-state index contributed by atoms with van der Waals surface area (Å²) >= 11 is 0. The zero-order chi connectivity index (χ0) is 15.5. The summed E-state index contributed by atoms with van der Waals surface area (Å²) < 4.78 is 1.59. The average molecular weight is 293 g/mol. The average Bonchev–Trinajstić information content (AvgIpc) is 2.83. The summed E-state index contributed by atoms with van der Waals surface area (Å²) in [4.78, 5) is 23.1. The number of anilines is 1. The first-order valence-electron chi connectivity index (χ1n) is 7.30. The molecule has 1 aliphatic rings. The third kappa shape index (κ3) is 4.04. The molecule has 1 fully saturated rings. The fraction of sp³-hybridized carbons (Fsp3) is 0.643. The molecule has 0 saturated heterocycles. The Hall–Kier alpha value is -1.89. The van der Waals surface area contributed by atoms with E-state index in [1.165, 1.54) is 0 Å². The van der Waals surface area contributed by atoms with Crippen LogP contribution >= 0.6 is 0 Å². The van der Waals surface area contributed by atoms with E-state index in [-0.39, 0.29) is 24.2 Å². The third-order valence-electron chi connectivity index (χ3n) is 4.05. The summed E-state index contributed by atoms with van der Waals surface area (Å²) in [6.07, 6.45) is 5.69. The fourth-order valence-electron chi connectivity index (χ4n) is 2.78. The molecule has 7 nitrogen and oxygen atoms in total. The molecule has 0 aromatic carbocycles. The standard InChI is InChI=1S/C14H23N5O2/c1-14(16)7-3-2-4-10(14)13(21)17-12-6-9-19(18-12)8-5-11(15)20/h6,9-10H,2-5,7-8,16H2,1H3,(H2,15,20)(H,17,18,21). The third-order valence-corrected chi connectivity index (χ3v) is 4.05. The van der Waals surface area contributed by atoms with Crippen molar-refractivity contribution in [2.24, 2.45) is 17.4 Å². The Bertz CT molecular complexity index is 523.